The van der Waals surface area contributed by atoms with E-state index >= 15 is 0 Å². The first-order valence-corrected chi connectivity index (χ1v) is 10.7. The van der Waals surface area contributed by atoms with Gasteiger partial charge in [0, 0.05) is 0 Å². The van der Waals surface area contributed by atoms with Gasteiger partial charge in [0.15, 0.2) is 0 Å². The second kappa shape index (κ2) is 13.0. The first-order chi connectivity index (χ1) is 10.8. The van der Waals surface area contributed by atoms with Gasteiger partial charge in [-0.1, -0.05) is 97.3 Å². The van der Waals surface area contributed by atoms with Gasteiger partial charge in [0.05, 0.1) is 8.07 Å². The third-order valence-corrected chi connectivity index (χ3v) is 9.25. The molecule has 0 atom stereocenters. The molecule has 0 unspecified atom stereocenters. The number of benzene rings is 2. The molecule has 0 aromatic heterocycles. The molecule has 0 fully saturated rings. The Morgan fingerprint density at radius 1 is 0.846 bits per heavy atom. The van der Waals surface area contributed by atoms with Crippen molar-refractivity contribution in [1.29, 1.82) is 0 Å². The summed E-state index contributed by atoms with van der Waals surface area (Å²) in [6, 6.07) is 22.1. The third kappa shape index (κ3) is 5.61. The van der Waals surface area contributed by atoms with E-state index in [1.54, 1.807) is 5.20 Å². The first kappa shape index (κ1) is 27.9. The fourth-order valence-corrected chi connectivity index (χ4v) is 7.50. The molecule has 0 heterocycles. The zero-order valence-corrected chi connectivity index (χ0v) is 19.9. The van der Waals surface area contributed by atoms with Crippen LogP contribution >= 0.6 is 0 Å². The van der Waals surface area contributed by atoms with E-state index in [1.165, 1.54) is 22.4 Å². The molecule has 26 heavy (non-hydrogen) atoms. The molecule has 136 valence electrons. The van der Waals surface area contributed by atoms with Gasteiger partial charge in [-0.15, -0.1) is 6.42 Å². The predicted molar refractivity (Wildman–Crippen MR) is 98.1 cm³/mol. The summed E-state index contributed by atoms with van der Waals surface area (Å²) in [5, 5.41) is 4.56. The standard InChI is InChI=1S/C21H23Si.3ClH.Ti/c1-3-11-18-12-10-17-21(18)22(2,19-13-6-4-7-14-19)20-15-8-5-9-16-20;;;;/h4-9,13-17H,3,10-11H2,1-2H3;3*1H;/q-1;;;;+4/p-3. The summed E-state index contributed by atoms with van der Waals surface area (Å²) in [5.41, 5.74) is 1.46. The Kier molecular flexibility index (Phi) is 14.0. The van der Waals surface area contributed by atoms with Crippen molar-refractivity contribution in [3.05, 3.63) is 83.6 Å². The van der Waals surface area contributed by atoms with Crippen LogP contribution in [0, 0.1) is 6.08 Å². The molecular formula is C21H23Cl3SiTi. The summed E-state index contributed by atoms with van der Waals surface area (Å²) in [4.78, 5) is 0. The van der Waals surface area contributed by atoms with Crippen LogP contribution in [0.5, 0.6) is 0 Å². The fraction of sp³-hybridized carbons (Fsp3) is 0.238. The van der Waals surface area contributed by atoms with Crippen molar-refractivity contribution < 1.29 is 58.9 Å². The maximum absolute atomic E-state index is 3.61. The molecule has 0 aliphatic heterocycles. The predicted octanol–water partition coefficient (Wildman–Crippen LogP) is -4.71. The smallest absolute Gasteiger partial charge is 1.00 e. The second-order valence-corrected chi connectivity index (χ2v) is 10.0. The average molecular weight is 458 g/mol. The normalized spacial score (nSPS) is 12.4. The van der Waals surface area contributed by atoms with E-state index in [9.17, 15) is 0 Å². The molecule has 0 saturated carbocycles. The molecule has 0 amide bonds. The number of allylic oxidation sites excluding steroid dienone is 4. The first-order valence-electron chi connectivity index (χ1n) is 8.18. The van der Waals surface area contributed by atoms with E-state index in [0.29, 0.717) is 0 Å². The van der Waals surface area contributed by atoms with Crippen LogP contribution in [0.25, 0.3) is 0 Å². The van der Waals surface area contributed by atoms with E-state index in [2.05, 4.69) is 86.3 Å². The molecule has 2 aromatic carbocycles. The molecule has 3 rings (SSSR count). The van der Waals surface area contributed by atoms with E-state index in [-0.39, 0.29) is 58.9 Å². The van der Waals surface area contributed by atoms with Crippen molar-refractivity contribution in [1.82, 2.24) is 0 Å². The van der Waals surface area contributed by atoms with Crippen LogP contribution in [0.1, 0.15) is 26.2 Å². The summed E-state index contributed by atoms with van der Waals surface area (Å²) in [6.45, 7) is 4.75. The van der Waals surface area contributed by atoms with Gasteiger partial charge in [-0.2, -0.15) is 11.3 Å². The number of hydrogen-bond donors (Lipinski definition) is 0. The molecule has 0 saturated heterocycles. The molecule has 0 nitrogen and oxygen atoms in total. The topological polar surface area (TPSA) is 0 Å². The van der Waals surface area contributed by atoms with E-state index in [1.807, 2.05) is 0 Å². The number of rotatable bonds is 5. The number of hydrogen-bond acceptors (Lipinski definition) is 0. The minimum atomic E-state index is -1.91. The molecule has 1 aliphatic carbocycles. The fourth-order valence-electron chi connectivity index (χ4n) is 3.49. The molecule has 0 spiro atoms. The largest absolute Gasteiger partial charge is 4.00 e. The maximum atomic E-state index is 3.61. The molecule has 0 N–H and O–H groups in total. The molecule has 0 bridgehead atoms. The van der Waals surface area contributed by atoms with Gasteiger partial charge in [0.25, 0.3) is 0 Å². The molecular weight excluding hydrogens is 435 g/mol. The van der Waals surface area contributed by atoms with Gasteiger partial charge in [0.1, 0.15) is 0 Å². The second-order valence-electron chi connectivity index (χ2n) is 6.08. The van der Waals surface area contributed by atoms with Crippen molar-refractivity contribution in [2.24, 2.45) is 0 Å². The minimum Gasteiger partial charge on any atom is -1.00 e. The average Bonchev–Trinajstić information content (AvgIpc) is 3.05. The van der Waals surface area contributed by atoms with Crippen LogP contribution in [-0.4, -0.2) is 8.07 Å². The number of halogens is 3. The summed E-state index contributed by atoms with van der Waals surface area (Å²) >= 11 is 0. The van der Waals surface area contributed by atoms with Gasteiger partial charge >= 0.3 is 21.7 Å². The van der Waals surface area contributed by atoms with Crippen molar-refractivity contribution >= 4 is 18.4 Å². The minimum absolute atomic E-state index is 0. The summed E-state index contributed by atoms with van der Waals surface area (Å²) in [6.07, 6.45) is 9.35. The van der Waals surface area contributed by atoms with Crippen LogP contribution in [-0.2, 0) is 21.7 Å². The van der Waals surface area contributed by atoms with Crippen LogP contribution in [0.4, 0.5) is 0 Å². The van der Waals surface area contributed by atoms with Gasteiger partial charge in [0.2, 0.25) is 0 Å². The van der Waals surface area contributed by atoms with Crippen molar-refractivity contribution in [3.63, 3.8) is 0 Å². The Morgan fingerprint density at radius 2 is 1.31 bits per heavy atom. The van der Waals surface area contributed by atoms with E-state index in [0.717, 1.165) is 12.8 Å². The molecule has 2 aromatic rings. The van der Waals surface area contributed by atoms with Crippen LogP contribution in [0.3, 0.4) is 0 Å². The molecule has 5 heteroatoms. The van der Waals surface area contributed by atoms with Crippen LogP contribution < -0.4 is 47.6 Å². The monoisotopic (exact) mass is 456 g/mol. The maximum Gasteiger partial charge on any atom is 4.00 e. The van der Waals surface area contributed by atoms with Gasteiger partial charge in [-0.3, -0.25) is 6.08 Å². The van der Waals surface area contributed by atoms with Crippen LogP contribution in [0.2, 0.25) is 6.55 Å². The molecule has 0 radical (unpaired) electrons. The van der Waals surface area contributed by atoms with Crippen molar-refractivity contribution in [2.45, 2.75) is 32.7 Å². The zero-order valence-electron chi connectivity index (χ0n) is 15.1. The van der Waals surface area contributed by atoms with E-state index < -0.39 is 8.07 Å². The summed E-state index contributed by atoms with van der Waals surface area (Å²) in [5.74, 6) is 0. The van der Waals surface area contributed by atoms with Gasteiger partial charge < -0.3 is 37.2 Å². The Labute approximate surface area is 192 Å². The van der Waals surface area contributed by atoms with Crippen LogP contribution in [0.15, 0.2) is 77.5 Å². The summed E-state index contributed by atoms with van der Waals surface area (Å²) in [7, 11) is -1.91. The Morgan fingerprint density at radius 3 is 1.73 bits per heavy atom. The Hall–Kier alpha value is -0.279. The zero-order chi connectivity index (χ0) is 15.4. The van der Waals surface area contributed by atoms with Crippen molar-refractivity contribution in [3.8, 4) is 0 Å². The third-order valence-electron chi connectivity index (χ3n) is 4.69. The van der Waals surface area contributed by atoms with E-state index in [4.69, 9.17) is 0 Å². The van der Waals surface area contributed by atoms with Gasteiger partial charge in [-0.05, 0) is 0 Å². The van der Waals surface area contributed by atoms with Crippen molar-refractivity contribution in [2.75, 3.05) is 0 Å². The van der Waals surface area contributed by atoms with Gasteiger partial charge in [-0.25, -0.2) is 5.57 Å². The summed E-state index contributed by atoms with van der Waals surface area (Å²) < 4.78 is 0. The Bertz CT molecular complexity index is 660. The SMILES string of the molecule is CCCC1=[C-]CC=C1[Si](C)(c1ccccc1)c1ccccc1.[Cl-].[Cl-].[Cl-].[Ti+4]. The molecule has 1 aliphatic rings. The quantitative estimate of drug-likeness (QED) is 0.313. The Balaban J connectivity index is 0.